The summed E-state index contributed by atoms with van der Waals surface area (Å²) < 4.78 is 14.3. The van der Waals surface area contributed by atoms with E-state index >= 15 is 0 Å². The van der Waals surface area contributed by atoms with Crippen molar-refractivity contribution in [3.63, 3.8) is 0 Å². The minimum Gasteiger partial charge on any atom is -0.271 e. The standard InChI is InChI=1S/C15H19FN2S/c1-4-11-5-6-19-15(11)14(18-17)13-10(3)7-9(2)8-12(13)16/h5-8,14,18H,4,17H2,1-3H3. The molecule has 1 aromatic carbocycles. The first kappa shape index (κ1) is 14.2. The van der Waals surface area contributed by atoms with Crippen LogP contribution in [0, 0.1) is 19.7 Å². The SMILES string of the molecule is CCc1ccsc1C(NN)c1c(C)cc(C)cc1F. The molecule has 0 saturated carbocycles. The van der Waals surface area contributed by atoms with Gasteiger partial charge in [-0.2, -0.15) is 0 Å². The first-order chi connectivity index (χ1) is 9.08. The van der Waals surface area contributed by atoms with E-state index in [-0.39, 0.29) is 11.9 Å². The summed E-state index contributed by atoms with van der Waals surface area (Å²) in [5.41, 5.74) is 6.48. The van der Waals surface area contributed by atoms with Crippen LogP contribution in [0.25, 0.3) is 0 Å². The van der Waals surface area contributed by atoms with Gasteiger partial charge in [0.2, 0.25) is 0 Å². The number of nitrogens with one attached hydrogen (secondary N) is 1. The van der Waals surface area contributed by atoms with Gasteiger partial charge >= 0.3 is 0 Å². The predicted octanol–water partition coefficient (Wildman–Crippen LogP) is 3.62. The third-order valence-corrected chi connectivity index (χ3v) is 4.38. The van der Waals surface area contributed by atoms with Crippen LogP contribution in [0.3, 0.4) is 0 Å². The van der Waals surface area contributed by atoms with Crippen molar-refractivity contribution in [3.05, 3.63) is 56.5 Å². The van der Waals surface area contributed by atoms with Crippen LogP contribution in [-0.2, 0) is 6.42 Å². The summed E-state index contributed by atoms with van der Waals surface area (Å²) in [5, 5.41) is 2.03. The van der Waals surface area contributed by atoms with Gasteiger partial charge in [-0.25, -0.2) is 9.82 Å². The molecule has 19 heavy (non-hydrogen) atoms. The maximum atomic E-state index is 14.3. The normalized spacial score (nSPS) is 12.7. The summed E-state index contributed by atoms with van der Waals surface area (Å²) in [6, 6.07) is 5.34. The molecule has 0 aliphatic carbocycles. The van der Waals surface area contributed by atoms with E-state index in [1.165, 1.54) is 5.56 Å². The minimum absolute atomic E-state index is 0.198. The topological polar surface area (TPSA) is 38.0 Å². The third kappa shape index (κ3) is 2.71. The molecule has 2 aromatic rings. The number of benzene rings is 1. The summed E-state index contributed by atoms with van der Waals surface area (Å²) >= 11 is 1.61. The smallest absolute Gasteiger partial charge is 0.128 e. The molecule has 0 aliphatic heterocycles. The summed E-state index contributed by atoms with van der Waals surface area (Å²) in [6.07, 6.45) is 0.920. The molecule has 0 spiro atoms. The van der Waals surface area contributed by atoms with E-state index in [0.717, 1.165) is 22.4 Å². The number of halogens is 1. The van der Waals surface area contributed by atoms with Crippen LogP contribution in [0.2, 0.25) is 0 Å². The molecule has 3 N–H and O–H groups in total. The Labute approximate surface area is 117 Å². The average molecular weight is 278 g/mol. The maximum Gasteiger partial charge on any atom is 0.128 e. The van der Waals surface area contributed by atoms with Crippen LogP contribution >= 0.6 is 11.3 Å². The monoisotopic (exact) mass is 278 g/mol. The highest BCUT2D eigenvalue weighted by Crippen LogP contribution is 2.33. The summed E-state index contributed by atoms with van der Waals surface area (Å²) in [6.45, 7) is 5.92. The number of hydrogen-bond acceptors (Lipinski definition) is 3. The lowest BCUT2D eigenvalue weighted by molar-refractivity contribution is 0.558. The second kappa shape index (κ2) is 5.82. The highest BCUT2D eigenvalue weighted by Gasteiger charge is 2.22. The molecular formula is C15H19FN2S. The molecule has 4 heteroatoms. The van der Waals surface area contributed by atoms with Gasteiger partial charge in [-0.15, -0.1) is 11.3 Å². The fourth-order valence-electron chi connectivity index (χ4n) is 2.48. The Morgan fingerprint density at radius 1 is 1.37 bits per heavy atom. The lowest BCUT2D eigenvalue weighted by Crippen LogP contribution is -2.30. The van der Waals surface area contributed by atoms with Gasteiger partial charge in [-0.05, 0) is 54.5 Å². The Morgan fingerprint density at radius 3 is 2.68 bits per heavy atom. The molecular weight excluding hydrogens is 259 g/mol. The van der Waals surface area contributed by atoms with Gasteiger partial charge in [0.1, 0.15) is 5.82 Å². The van der Waals surface area contributed by atoms with E-state index in [1.807, 2.05) is 25.3 Å². The van der Waals surface area contributed by atoms with E-state index in [4.69, 9.17) is 5.84 Å². The lowest BCUT2D eigenvalue weighted by Gasteiger charge is -2.20. The Morgan fingerprint density at radius 2 is 2.11 bits per heavy atom. The molecule has 1 heterocycles. The van der Waals surface area contributed by atoms with E-state index < -0.39 is 0 Å². The Kier molecular flexibility index (Phi) is 4.34. The number of nitrogens with two attached hydrogens (primary N) is 1. The fourth-order valence-corrected chi connectivity index (χ4v) is 3.54. The van der Waals surface area contributed by atoms with Crippen molar-refractivity contribution in [1.82, 2.24) is 5.43 Å². The molecule has 0 amide bonds. The summed E-state index contributed by atoms with van der Waals surface area (Å²) in [5.74, 6) is 5.49. The summed E-state index contributed by atoms with van der Waals surface area (Å²) in [4.78, 5) is 1.09. The number of thiophene rings is 1. The lowest BCUT2D eigenvalue weighted by atomic mass is 9.96. The van der Waals surface area contributed by atoms with Crippen LogP contribution in [0.4, 0.5) is 4.39 Å². The van der Waals surface area contributed by atoms with Gasteiger partial charge in [-0.1, -0.05) is 13.0 Å². The van der Waals surface area contributed by atoms with Crippen LogP contribution in [0.1, 0.15) is 40.1 Å². The van der Waals surface area contributed by atoms with Gasteiger partial charge in [0, 0.05) is 10.4 Å². The van der Waals surface area contributed by atoms with Crippen molar-refractivity contribution in [2.45, 2.75) is 33.2 Å². The molecule has 1 aromatic heterocycles. The van der Waals surface area contributed by atoms with Crippen LogP contribution < -0.4 is 11.3 Å². The fraction of sp³-hybridized carbons (Fsp3) is 0.333. The first-order valence-corrected chi connectivity index (χ1v) is 7.25. The van der Waals surface area contributed by atoms with E-state index in [2.05, 4.69) is 18.4 Å². The van der Waals surface area contributed by atoms with Crippen molar-refractivity contribution >= 4 is 11.3 Å². The van der Waals surface area contributed by atoms with Crippen LogP contribution in [0.5, 0.6) is 0 Å². The molecule has 1 unspecified atom stereocenters. The largest absolute Gasteiger partial charge is 0.271 e. The predicted molar refractivity (Wildman–Crippen MR) is 78.7 cm³/mol. The van der Waals surface area contributed by atoms with E-state index in [9.17, 15) is 4.39 Å². The summed E-state index contributed by atoms with van der Waals surface area (Å²) in [7, 11) is 0. The number of hydrogen-bond donors (Lipinski definition) is 2. The van der Waals surface area contributed by atoms with Gasteiger partial charge < -0.3 is 0 Å². The van der Waals surface area contributed by atoms with Crippen molar-refractivity contribution < 1.29 is 4.39 Å². The molecule has 1 atom stereocenters. The highest BCUT2D eigenvalue weighted by molar-refractivity contribution is 7.10. The maximum absolute atomic E-state index is 14.3. The Balaban J connectivity index is 2.54. The van der Waals surface area contributed by atoms with Crippen LogP contribution in [0.15, 0.2) is 23.6 Å². The second-order valence-corrected chi connectivity index (χ2v) is 5.69. The van der Waals surface area contributed by atoms with Crippen molar-refractivity contribution in [2.24, 2.45) is 5.84 Å². The van der Waals surface area contributed by atoms with Crippen molar-refractivity contribution in [3.8, 4) is 0 Å². The number of hydrazine groups is 1. The molecule has 0 aliphatic rings. The zero-order valence-corrected chi connectivity index (χ0v) is 12.3. The van der Waals surface area contributed by atoms with Crippen molar-refractivity contribution in [1.29, 1.82) is 0 Å². The molecule has 0 radical (unpaired) electrons. The minimum atomic E-state index is -0.282. The number of rotatable bonds is 4. The first-order valence-electron chi connectivity index (χ1n) is 6.37. The Hall–Kier alpha value is -1.23. The quantitative estimate of drug-likeness (QED) is 0.662. The van der Waals surface area contributed by atoms with E-state index in [1.54, 1.807) is 17.4 Å². The molecule has 2 nitrogen and oxygen atoms in total. The number of aryl methyl sites for hydroxylation is 3. The zero-order valence-electron chi connectivity index (χ0n) is 11.5. The third-order valence-electron chi connectivity index (χ3n) is 3.36. The zero-order chi connectivity index (χ0) is 14.0. The van der Waals surface area contributed by atoms with Gasteiger partial charge in [0.25, 0.3) is 0 Å². The van der Waals surface area contributed by atoms with Crippen molar-refractivity contribution in [2.75, 3.05) is 0 Å². The molecule has 2 rings (SSSR count). The van der Waals surface area contributed by atoms with Gasteiger partial charge in [0.05, 0.1) is 6.04 Å². The van der Waals surface area contributed by atoms with Gasteiger partial charge in [-0.3, -0.25) is 5.84 Å². The second-order valence-electron chi connectivity index (χ2n) is 4.74. The van der Waals surface area contributed by atoms with Gasteiger partial charge in [0.15, 0.2) is 0 Å². The van der Waals surface area contributed by atoms with Crippen LogP contribution in [-0.4, -0.2) is 0 Å². The molecule has 0 bridgehead atoms. The molecule has 0 fully saturated rings. The molecule has 102 valence electrons. The average Bonchev–Trinajstić information content (AvgIpc) is 2.81. The van der Waals surface area contributed by atoms with E-state index in [0.29, 0.717) is 5.56 Å². The highest BCUT2D eigenvalue weighted by atomic mass is 32.1. The molecule has 0 saturated heterocycles. The Bertz CT molecular complexity index is 554.